The first-order valence-electron chi connectivity index (χ1n) is 11.1. The van der Waals surface area contributed by atoms with Crippen LogP contribution in [0.2, 0.25) is 0 Å². The van der Waals surface area contributed by atoms with Crippen LogP contribution < -0.4 is 10.2 Å². The van der Waals surface area contributed by atoms with Gasteiger partial charge in [-0.05, 0) is 55.5 Å². The third kappa shape index (κ3) is 2.75. The summed E-state index contributed by atoms with van der Waals surface area (Å²) in [4.78, 5) is 7.45. The summed E-state index contributed by atoms with van der Waals surface area (Å²) < 4.78 is 2.16. The lowest BCUT2D eigenvalue weighted by Gasteiger charge is -2.26. The first-order chi connectivity index (χ1) is 15.3. The number of nitriles is 1. The Kier molecular flexibility index (Phi) is 4.22. The van der Waals surface area contributed by atoms with Gasteiger partial charge >= 0.3 is 0 Å². The van der Waals surface area contributed by atoms with E-state index in [1.54, 1.807) is 0 Å². The molecule has 0 saturated carbocycles. The third-order valence-electron chi connectivity index (χ3n) is 7.07. The van der Waals surface area contributed by atoms with Crippen LogP contribution in [0.4, 0.5) is 5.69 Å². The summed E-state index contributed by atoms with van der Waals surface area (Å²) in [6.07, 6.45) is 4.60. The lowest BCUT2D eigenvalue weighted by molar-refractivity contribution is 0.340. The molecule has 6 rings (SSSR count). The highest BCUT2D eigenvalue weighted by Gasteiger charge is 2.37. The van der Waals surface area contributed by atoms with Crippen molar-refractivity contribution in [1.82, 2.24) is 14.7 Å². The van der Waals surface area contributed by atoms with Crippen molar-refractivity contribution in [2.75, 3.05) is 24.5 Å². The maximum atomic E-state index is 10.1. The molecule has 2 unspecified atom stereocenters. The van der Waals surface area contributed by atoms with Gasteiger partial charge < -0.3 is 10.2 Å². The maximum Gasteiger partial charge on any atom is 0.138 e. The molecular weight excluding hydrogens is 382 g/mol. The van der Waals surface area contributed by atoms with E-state index in [-0.39, 0.29) is 0 Å². The highest BCUT2D eigenvalue weighted by Crippen LogP contribution is 2.44. The Hall–Kier alpha value is -3.36. The molecule has 5 nitrogen and oxygen atoms in total. The predicted octanol–water partition coefficient (Wildman–Crippen LogP) is 4.52. The zero-order chi connectivity index (χ0) is 20.9. The lowest BCUT2D eigenvalue weighted by atomic mass is 9.92. The molecule has 2 saturated heterocycles. The second-order valence-corrected chi connectivity index (χ2v) is 8.81. The van der Waals surface area contributed by atoms with Crippen LogP contribution in [0.15, 0.2) is 54.7 Å². The summed E-state index contributed by atoms with van der Waals surface area (Å²) in [5.41, 5.74) is 7.97. The quantitative estimate of drug-likeness (QED) is 0.531. The van der Waals surface area contributed by atoms with E-state index in [1.165, 1.54) is 18.5 Å². The summed E-state index contributed by atoms with van der Waals surface area (Å²) in [7, 11) is 0. The van der Waals surface area contributed by atoms with E-state index in [1.807, 2.05) is 24.3 Å². The van der Waals surface area contributed by atoms with Crippen molar-refractivity contribution in [3.63, 3.8) is 0 Å². The highest BCUT2D eigenvalue weighted by atomic mass is 15.2. The molecule has 0 radical (unpaired) electrons. The fourth-order valence-corrected chi connectivity index (χ4v) is 5.63. The summed E-state index contributed by atoms with van der Waals surface area (Å²) in [5.74, 6) is 0.669. The number of fused-ring (bicyclic) bond motifs is 4. The average molecular weight is 408 g/mol. The van der Waals surface area contributed by atoms with Crippen molar-refractivity contribution in [1.29, 1.82) is 5.26 Å². The van der Waals surface area contributed by atoms with Crippen LogP contribution >= 0.6 is 0 Å². The molecule has 0 amide bonds. The summed E-state index contributed by atoms with van der Waals surface area (Å²) >= 11 is 0. The van der Waals surface area contributed by atoms with Gasteiger partial charge in [-0.1, -0.05) is 36.4 Å². The number of anilines is 1. The number of imidazole rings is 1. The minimum absolute atomic E-state index is 0.530. The fraction of sp³-hybridized carbons (Fsp3) is 0.308. The smallest absolute Gasteiger partial charge is 0.138 e. The largest absolute Gasteiger partial charge is 0.367 e. The molecule has 2 atom stereocenters. The number of piperidine rings is 1. The zero-order valence-electron chi connectivity index (χ0n) is 17.7. The van der Waals surface area contributed by atoms with E-state index in [2.05, 4.69) is 58.1 Å². The third-order valence-corrected chi connectivity index (χ3v) is 7.07. The molecule has 2 aliphatic heterocycles. The average Bonchev–Trinajstić information content (AvgIpc) is 3.40. The van der Waals surface area contributed by atoms with E-state index in [0.29, 0.717) is 17.5 Å². The molecule has 0 bridgehead atoms. The molecule has 1 N–H and O–H groups in total. The number of nitrogens with zero attached hydrogens (tertiary/aromatic N) is 4. The van der Waals surface area contributed by atoms with Crippen LogP contribution in [0.5, 0.6) is 0 Å². The number of hydrogen-bond acceptors (Lipinski definition) is 4. The first kappa shape index (κ1) is 18.4. The van der Waals surface area contributed by atoms with Crippen molar-refractivity contribution in [2.24, 2.45) is 5.92 Å². The van der Waals surface area contributed by atoms with Crippen LogP contribution in [0.1, 0.15) is 24.0 Å². The highest BCUT2D eigenvalue weighted by molar-refractivity contribution is 6.05. The molecule has 0 spiro atoms. The van der Waals surface area contributed by atoms with E-state index < -0.39 is 0 Å². The summed E-state index contributed by atoms with van der Waals surface area (Å²) in [6, 6.07) is 19.6. The molecule has 4 heterocycles. The Bertz CT molecular complexity index is 1320. The minimum atomic E-state index is 0.530. The van der Waals surface area contributed by atoms with Crippen molar-refractivity contribution in [2.45, 2.75) is 25.8 Å². The Labute approximate surface area is 181 Å². The van der Waals surface area contributed by atoms with E-state index >= 15 is 0 Å². The molecule has 5 heteroatoms. The van der Waals surface area contributed by atoms with E-state index in [9.17, 15) is 5.26 Å². The number of pyridine rings is 1. The van der Waals surface area contributed by atoms with Gasteiger partial charge in [-0.2, -0.15) is 5.26 Å². The van der Waals surface area contributed by atoms with Crippen molar-refractivity contribution in [3.05, 3.63) is 65.9 Å². The maximum absolute atomic E-state index is 10.1. The van der Waals surface area contributed by atoms with Gasteiger partial charge in [0.1, 0.15) is 17.2 Å². The standard InChI is InChI=1S/C26H25N5/c1-17-20(14-27)24-26(31-13-6-5-11-22(31)29-24)25(23(17)18-8-3-2-4-9-18)30-15-19-10-7-12-28-21(19)16-30/h2-6,8-9,11,13,19,21,28H,7,10,12,15-16H2,1H3. The monoisotopic (exact) mass is 407 g/mol. The van der Waals surface area contributed by atoms with Gasteiger partial charge in [-0.3, -0.25) is 4.40 Å². The van der Waals surface area contributed by atoms with Gasteiger partial charge in [-0.15, -0.1) is 0 Å². The van der Waals surface area contributed by atoms with Crippen molar-refractivity contribution >= 4 is 22.4 Å². The Morgan fingerprint density at radius 2 is 1.94 bits per heavy atom. The van der Waals surface area contributed by atoms with Crippen LogP contribution in [0.3, 0.4) is 0 Å². The van der Waals surface area contributed by atoms with Crippen LogP contribution in [-0.2, 0) is 0 Å². The van der Waals surface area contributed by atoms with Crippen LogP contribution in [-0.4, -0.2) is 35.1 Å². The number of nitrogens with one attached hydrogen (secondary N) is 1. The van der Waals surface area contributed by atoms with E-state index in [0.717, 1.165) is 53.0 Å². The summed E-state index contributed by atoms with van der Waals surface area (Å²) in [5, 5.41) is 13.9. The molecule has 154 valence electrons. The SMILES string of the molecule is Cc1c(-c2ccccc2)c(N2CC3CCCNC3C2)c2c(nc3ccccn32)c1C#N. The molecule has 2 aromatic heterocycles. The first-order valence-corrected chi connectivity index (χ1v) is 11.1. The fourth-order valence-electron chi connectivity index (χ4n) is 5.63. The van der Waals surface area contributed by atoms with Crippen molar-refractivity contribution in [3.8, 4) is 17.2 Å². The van der Waals surface area contributed by atoms with Gasteiger partial charge in [0.15, 0.2) is 0 Å². The molecule has 4 aromatic rings. The van der Waals surface area contributed by atoms with Gasteiger partial charge in [0.2, 0.25) is 0 Å². The summed E-state index contributed by atoms with van der Waals surface area (Å²) in [6.45, 7) is 5.22. The lowest BCUT2D eigenvalue weighted by Crippen LogP contribution is -2.40. The normalized spacial score (nSPS) is 20.8. The molecule has 2 aromatic carbocycles. The molecule has 0 aliphatic carbocycles. The Morgan fingerprint density at radius 1 is 1.10 bits per heavy atom. The number of benzene rings is 2. The van der Waals surface area contributed by atoms with Gasteiger partial charge in [0.25, 0.3) is 0 Å². The predicted molar refractivity (Wildman–Crippen MR) is 124 cm³/mol. The minimum Gasteiger partial charge on any atom is -0.367 e. The zero-order valence-corrected chi connectivity index (χ0v) is 17.7. The van der Waals surface area contributed by atoms with Crippen molar-refractivity contribution < 1.29 is 0 Å². The molecule has 2 aliphatic rings. The number of aromatic nitrogens is 2. The van der Waals surface area contributed by atoms with Gasteiger partial charge in [-0.25, -0.2) is 4.98 Å². The second-order valence-electron chi connectivity index (χ2n) is 8.81. The molecule has 2 fully saturated rings. The van der Waals surface area contributed by atoms with Gasteiger partial charge in [0.05, 0.1) is 16.8 Å². The van der Waals surface area contributed by atoms with Gasteiger partial charge in [0, 0.05) is 30.9 Å². The van der Waals surface area contributed by atoms with Crippen LogP contribution in [0, 0.1) is 24.2 Å². The van der Waals surface area contributed by atoms with Crippen LogP contribution in [0.25, 0.3) is 27.8 Å². The molecular formula is C26H25N5. The number of hydrogen-bond donors (Lipinski definition) is 1. The topological polar surface area (TPSA) is 56.4 Å². The van der Waals surface area contributed by atoms with E-state index in [4.69, 9.17) is 4.98 Å². The Balaban J connectivity index is 1.71. The molecule has 31 heavy (non-hydrogen) atoms. The second kappa shape index (κ2) is 7.11. The number of rotatable bonds is 2. The Morgan fingerprint density at radius 3 is 2.74 bits per heavy atom.